The number of ether oxygens (including phenoxy) is 1. The van der Waals surface area contributed by atoms with Crippen LogP contribution in [0.15, 0.2) is 48.5 Å². The molecule has 0 amide bonds. The summed E-state index contributed by atoms with van der Waals surface area (Å²) in [7, 11) is 0. The van der Waals surface area contributed by atoms with Gasteiger partial charge in [-0.3, -0.25) is 4.79 Å². The van der Waals surface area contributed by atoms with E-state index >= 15 is 0 Å². The van der Waals surface area contributed by atoms with Crippen LogP contribution in [0.25, 0.3) is 21.5 Å². The van der Waals surface area contributed by atoms with Crippen molar-refractivity contribution in [1.29, 1.82) is 0 Å². The minimum absolute atomic E-state index is 0.125. The van der Waals surface area contributed by atoms with Gasteiger partial charge < -0.3 is 4.74 Å². The van der Waals surface area contributed by atoms with Gasteiger partial charge in [0.05, 0.1) is 0 Å². The summed E-state index contributed by atoms with van der Waals surface area (Å²) in [6.07, 6.45) is 5.72. The van der Waals surface area contributed by atoms with Crippen molar-refractivity contribution in [2.75, 3.05) is 0 Å². The molecule has 0 spiro atoms. The summed E-state index contributed by atoms with van der Waals surface area (Å²) in [5, 5.41) is 4.33. The lowest BCUT2D eigenvalue weighted by Crippen LogP contribution is -2.08. The number of aryl methyl sites for hydroxylation is 1. The molecule has 0 saturated heterocycles. The number of hydrogen-bond acceptors (Lipinski definition) is 2. The number of hydrogen-bond donors (Lipinski definition) is 0. The second-order valence-electron chi connectivity index (χ2n) is 6.58. The van der Waals surface area contributed by atoms with Gasteiger partial charge in [-0.2, -0.15) is 0 Å². The van der Waals surface area contributed by atoms with E-state index in [4.69, 9.17) is 4.74 Å². The lowest BCUT2D eigenvalue weighted by Gasteiger charge is -2.14. The highest BCUT2D eigenvalue weighted by molar-refractivity contribution is 6.07. The quantitative estimate of drug-likeness (QED) is 0.215. The highest BCUT2D eigenvalue weighted by Gasteiger charge is 2.15. The molecule has 0 aliphatic rings. The molecule has 0 unspecified atom stereocenters. The van der Waals surface area contributed by atoms with Gasteiger partial charge in [0.1, 0.15) is 5.75 Å². The van der Waals surface area contributed by atoms with Gasteiger partial charge in [0.15, 0.2) is 0 Å². The molecule has 3 aromatic rings. The van der Waals surface area contributed by atoms with Crippen molar-refractivity contribution in [3.63, 3.8) is 0 Å². The van der Waals surface area contributed by atoms with Crippen molar-refractivity contribution in [3.05, 3.63) is 54.1 Å². The lowest BCUT2D eigenvalue weighted by molar-refractivity contribution is -0.134. The van der Waals surface area contributed by atoms with Gasteiger partial charge in [0.25, 0.3) is 0 Å². The summed E-state index contributed by atoms with van der Waals surface area (Å²) in [5.41, 5.74) is 1.22. The molecule has 25 heavy (non-hydrogen) atoms. The first-order chi connectivity index (χ1) is 12.2. The van der Waals surface area contributed by atoms with Crippen LogP contribution < -0.4 is 4.74 Å². The van der Waals surface area contributed by atoms with Crippen LogP contribution in [-0.2, 0) is 11.2 Å². The van der Waals surface area contributed by atoms with E-state index < -0.39 is 0 Å². The maximum absolute atomic E-state index is 12.4. The van der Waals surface area contributed by atoms with Crippen LogP contribution in [0, 0.1) is 0 Å². The maximum Gasteiger partial charge on any atom is 0.311 e. The molecular formula is C23H26O2. The predicted octanol–water partition coefficient (Wildman–Crippen LogP) is 6.43. The van der Waals surface area contributed by atoms with Crippen LogP contribution in [0.5, 0.6) is 5.75 Å². The van der Waals surface area contributed by atoms with E-state index in [2.05, 4.69) is 44.2 Å². The van der Waals surface area contributed by atoms with Gasteiger partial charge in [-0.25, -0.2) is 0 Å². The smallest absolute Gasteiger partial charge is 0.311 e. The SMILES string of the molecule is CCCCCCC(=O)Oc1c2ccccc2cc2cccc(CC)c12. The minimum Gasteiger partial charge on any atom is -0.425 e. The standard InChI is InChI=1S/C23H26O2/c1-3-5-6-7-15-21(24)25-23-20-14-9-8-11-18(20)16-19-13-10-12-17(4-2)22(19)23/h8-14,16H,3-7,15H2,1-2H3. The van der Waals surface area contributed by atoms with Gasteiger partial charge in [-0.15, -0.1) is 0 Å². The van der Waals surface area contributed by atoms with Crippen LogP contribution in [-0.4, -0.2) is 5.97 Å². The fraction of sp³-hybridized carbons (Fsp3) is 0.348. The Balaban J connectivity index is 2.02. The second kappa shape index (κ2) is 8.15. The number of benzene rings is 3. The molecule has 2 heteroatoms. The van der Waals surface area contributed by atoms with E-state index in [1.165, 1.54) is 18.4 Å². The molecule has 0 saturated carbocycles. The number of fused-ring (bicyclic) bond motifs is 2. The molecule has 2 nitrogen and oxygen atoms in total. The third-order valence-electron chi connectivity index (χ3n) is 4.76. The highest BCUT2D eigenvalue weighted by Crippen LogP contribution is 2.37. The first-order valence-electron chi connectivity index (χ1n) is 9.38. The Morgan fingerprint density at radius 1 is 0.920 bits per heavy atom. The molecule has 0 radical (unpaired) electrons. The van der Waals surface area contributed by atoms with Crippen molar-refractivity contribution in [3.8, 4) is 5.75 Å². The summed E-state index contributed by atoms with van der Waals surface area (Å²) in [5.74, 6) is 0.603. The van der Waals surface area contributed by atoms with Gasteiger partial charge >= 0.3 is 5.97 Å². The Kier molecular flexibility index (Phi) is 5.70. The molecule has 0 bridgehead atoms. The average Bonchev–Trinajstić information content (AvgIpc) is 2.64. The Morgan fingerprint density at radius 3 is 2.52 bits per heavy atom. The van der Waals surface area contributed by atoms with Crippen molar-refractivity contribution in [1.82, 2.24) is 0 Å². The van der Waals surface area contributed by atoms with Crippen LogP contribution in [0.4, 0.5) is 0 Å². The number of carbonyl (C=O) groups excluding carboxylic acids is 1. The molecule has 0 aliphatic carbocycles. The van der Waals surface area contributed by atoms with E-state index in [9.17, 15) is 4.79 Å². The number of unbranched alkanes of at least 4 members (excludes halogenated alkanes) is 3. The minimum atomic E-state index is -0.125. The van der Waals surface area contributed by atoms with Crippen LogP contribution in [0.3, 0.4) is 0 Å². The summed E-state index contributed by atoms with van der Waals surface area (Å²) >= 11 is 0. The third-order valence-corrected chi connectivity index (χ3v) is 4.76. The van der Waals surface area contributed by atoms with E-state index in [-0.39, 0.29) is 5.97 Å². The molecule has 3 aromatic carbocycles. The molecule has 0 N–H and O–H groups in total. The topological polar surface area (TPSA) is 26.3 Å². The molecule has 130 valence electrons. The number of rotatable bonds is 7. The lowest BCUT2D eigenvalue weighted by atomic mass is 9.97. The number of carbonyl (C=O) groups is 1. The van der Waals surface area contributed by atoms with Crippen molar-refractivity contribution in [2.24, 2.45) is 0 Å². The van der Waals surface area contributed by atoms with Gasteiger partial charge in [-0.1, -0.05) is 75.6 Å². The third kappa shape index (κ3) is 3.84. The first kappa shape index (κ1) is 17.5. The maximum atomic E-state index is 12.4. The monoisotopic (exact) mass is 334 g/mol. The zero-order chi connectivity index (χ0) is 17.6. The predicted molar refractivity (Wildman–Crippen MR) is 105 cm³/mol. The van der Waals surface area contributed by atoms with Crippen molar-refractivity contribution < 1.29 is 9.53 Å². The molecular weight excluding hydrogens is 308 g/mol. The second-order valence-corrected chi connectivity index (χ2v) is 6.58. The highest BCUT2D eigenvalue weighted by atomic mass is 16.5. The molecule has 0 fully saturated rings. The first-order valence-corrected chi connectivity index (χ1v) is 9.38. The van der Waals surface area contributed by atoms with Crippen molar-refractivity contribution >= 4 is 27.5 Å². The zero-order valence-electron chi connectivity index (χ0n) is 15.2. The van der Waals surface area contributed by atoms with Crippen LogP contribution in [0.1, 0.15) is 51.5 Å². The normalized spacial score (nSPS) is 11.1. The molecule has 0 aromatic heterocycles. The average molecular weight is 334 g/mol. The fourth-order valence-corrected chi connectivity index (χ4v) is 3.41. The molecule has 3 rings (SSSR count). The Labute approximate surface area is 149 Å². The largest absolute Gasteiger partial charge is 0.425 e. The van der Waals surface area contributed by atoms with Crippen LogP contribution in [0.2, 0.25) is 0 Å². The van der Waals surface area contributed by atoms with E-state index in [0.717, 1.165) is 46.6 Å². The fourth-order valence-electron chi connectivity index (χ4n) is 3.41. The molecule has 0 atom stereocenters. The Morgan fingerprint density at radius 2 is 1.72 bits per heavy atom. The summed E-state index contributed by atoms with van der Waals surface area (Å²) in [6.45, 7) is 4.31. The Hall–Kier alpha value is -2.35. The van der Waals surface area contributed by atoms with Crippen LogP contribution >= 0.6 is 0 Å². The van der Waals surface area contributed by atoms with E-state index in [0.29, 0.717) is 6.42 Å². The summed E-state index contributed by atoms with van der Waals surface area (Å²) in [4.78, 5) is 12.4. The zero-order valence-corrected chi connectivity index (χ0v) is 15.2. The summed E-state index contributed by atoms with van der Waals surface area (Å²) < 4.78 is 5.92. The van der Waals surface area contributed by atoms with Gasteiger partial charge in [-0.05, 0) is 35.2 Å². The van der Waals surface area contributed by atoms with Gasteiger partial charge in [0.2, 0.25) is 0 Å². The number of esters is 1. The molecule has 0 heterocycles. The molecule has 0 aliphatic heterocycles. The van der Waals surface area contributed by atoms with E-state index in [1.807, 2.05) is 18.2 Å². The van der Waals surface area contributed by atoms with E-state index in [1.54, 1.807) is 0 Å². The Bertz CT molecular complexity index is 880. The van der Waals surface area contributed by atoms with Gasteiger partial charge in [0, 0.05) is 17.2 Å². The van der Waals surface area contributed by atoms with Crippen molar-refractivity contribution in [2.45, 2.75) is 52.4 Å². The summed E-state index contributed by atoms with van der Waals surface area (Å²) in [6, 6.07) is 16.6.